The van der Waals surface area contributed by atoms with E-state index in [2.05, 4.69) is 11.9 Å². The van der Waals surface area contributed by atoms with Crippen LogP contribution in [0.3, 0.4) is 0 Å². The van der Waals surface area contributed by atoms with E-state index in [1.54, 1.807) is 12.5 Å². The van der Waals surface area contributed by atoms with E-state index < -0.39 is 0 Å². The third-order valence-corrected chi connectivity index (χ3v) is 5.58. The Labute approximate surface area is 156 Å². The molecule has 2 rings (SSSR count). The number of imidazole rings is 1. The van der Waals surface area contributed by atoms with Crippen LogP contribution >= 0.6 is 47.2 Å². The Hall–Kier alpha value is -0.750. The average molecular weight is 389 g/mol. The molecular weight excluding hydrogens is 371 g/mol. The first kappa shape index (κ1) is 18.6. The summed E-state index contributed by atoms with van der Waals surface area (Å²) in [4.78, 5) is 4.06. The van der Waals surface area contributed by atoms with Crippen LogP contribution in [-0.2, 0) is 4.74 Å². The number of halogens is 2. The summed E-state index contributed by atoms with van der Waals surface area (Å²) in [5.41, 5.74) is 0.700. The largest absolute Gasteiger partial charge is 0.479 e. The number of aromatic nitrogens is 2. The van der Waals surface area contributed by atoms with Crippen molar-refractivity contribution in [3.05, 3.63) is 53.6 Å². The van der Waals surface area contributed by atoms with Gasteiger partial charge in [0.05, 0.1) is 18.2 Å². The fourth-order valence-electron chi connectivity index (χ4n) is 1.94. The second kappa shape index (κ2) is 9.52. The van der Waals surface area contributed by atoms with Crippen LogP contribution in [0, 0.1) is 0 Å². The molecule has 0 spiro atoms. The number of alkyl halides is 1. The minimum Gasteiger partial charge on any atom is -0.479 e. The maximum Gasteiger partial charge on any atom is 0.220 e. The highest BCUT2D eigenvalue weighted by atomic mass is 35.5. The monoisotopic (exact) mass is 388 g/mol. The first-order chi connectivity index (χ1) is 11.1. The molecule has 0 N–H and O–H groups in total. The molecule has 0 amide bonds. The maximum atomic E-state index is 6.65. The van der Waals surface area contributed by atoms with Crippen molar-refractivity contribution in [2.24, 2.45) is 0 Å². The van der Waals surface area contributed by atoms with Gasteiger partial charge < -0.3 is 9.30 Å². The van der Waals surface area contributed by atoms with Crippen LogP contribution in [0.5, 0.6) is 0 Å². The summed E-state index contributed by atoms with van der Waals surface area (Å²) in [6.45, 7) is 2.75. The summed E-state index contributed by atoms with van der Waals surface area (Å²) < 4.78 is 7.96. The third kappa shape index (κ3) is 5.68. The Morgan fingerprint density at radius 2 is 2.13 bits per heavy atom. The van der Waals surface area contributed by atoms with Gasteiger partial charge in [-0.15, -0.1) is 0 Å². The molecule has 1 heterocycles. The Morgan fingerprint density at radius 1 is 1.39 bits per heavy atom. The smallest absolute Gasteiger partial charge is 0.220 e. The van der Waals surface area contributed by atoms with Gasteiger partial charge >= 0.3 is 0 Å². The molecule has 2 atom stereocenters. The lowest BCUT2D eigenvalue weighted by molar-refractivity contribution is 0.313. The second-order valence-corrected chi connectivity index (χ2v) is 7.55. The van der Waals surface area contributed by atoms with Gasteiger partial charge in [0.2, 0.25) is 4.38 Å². The summed E-state index contributed by atoms with van der Waals surface area (Å²) in [5, 5.41) is 0.588. The summed E-state index contributed by atoms with van der Waals surface area (Å²) in [6, 6.07) is 7.62. The molecule has 2 aromatic rings. The van der Waals surface area contributed by atoms with Crippen molar-refractivity contribution in [3.8, 4) is 0 Å². The first-order valence-corrected chi connectivity index (χ1v) is 9.42. The van der Waals surface area contributed by atoms with E-state index in [1.807, 2.05) is 35.0 Å². The van der Waals surface area contributed by atoms with E-state index in [0.29, 0.717) is 16.0 Å². The standard InChI is InChI=1S/C16H18Cl2N2OS2/c1-2-3-10-21-16(22)23-14(12-4-6-13(17)7-5-12)15(18)20-9-8-19-11-20/h4-9,11,14-15H,2-3,10H2,1H3. The number of rotatable bonds is 7. The lowest BCUT2D eigenvalue weighted by atomic mass is 10.1. The Bertz CT molecular complexity index is 605. The van der Waals surface area contributed by atoms with E-state index in [0.717, 1.165) is 18.4 Å². The van der Waals surface area contributed by atoms with Crippen molar-refractivity contribution in [3.63, 3.8) is 0 Å². The highest BCUT2D eigenvalue weighted by Gasteiger charge is 2.25. The second-order valence-electron chi connectivity index (χ2n) is 4.92. The van der Waals surface area contributed by atoms with Gasteiger partial charge in [0.1, 0.15) is 5.50 Å². The lowest BCUT2D eigenvalue weighted by Crippen LogP contribution is -2.12. The molecule has 0 saturated heterocycles. The topological polar surface area (TPSA) is 27.1 Å². The van der Waals surface area contributed by atoms with E-state index in [-0.39, 0.29) is 10.8 Å². The number of benzene rings is 1. The van der Waals surface area contributed by atoms with Crippen LogP contribution in [0.2, 0.25) is 5.02 Å². The van der Waals surface area contributed by atoms with Crippen LogP contribution in [-0.4, -0.2) is 20.5 Å². The van der Waals surface area contributed by atoms with E-state index in [9.17, 15) is 0 Å². The van der Waals surface area contributed by atoms with Crippen molar-refractivity contribution in [2.45, 2.75) is 30.5 Å². The number of hydrogen-bond acceptors (Lipinski definition) is 4. The molecule has 1 aromatic carbocycles. The number of nitrogens with zero attached hydrogens (tertiary/aromatic N) is 2. The molecule has 0 bridgehead atoms. The SMILES string of the molecule is CCCCOC(=S)SC(c1ccc(Cl)cc1)C(Cl)n1ccnc1. The van der Waals surface area contributed by atoms with E-state index in [1.165, 1.54) is 11.8 Å². The van der Waals surface area contributed by atoms with Gasteiger partial charge in [-0.2, -0.15) is 0 Å². The van der Waals surface area contributed by atoms with Crippen LogP contribution in [0.4, 0.5) is 0 Å². The minimum absolute atomic E-state index is 0.0998. The zero-order valence-electron chi connectivity index (χ0n) is 12.7. The normalized spacial score (nSPS) is 13.5. The van der Waals surface area contributed by atoms with Crippen LogP contribution in [0.15, 0.2) is 43.0 Å². The summed E-state index contributed by atoms with van der Waals surface area (Å²) >= 11 is 19.4. The molecule has 0 aliphatic rings. The quantitative estimate of drug-likeness (QED) is 0.337. The summed E-state index contributed by atoms with van der Waals surface area (Å²) in [7, 11) is 0. The Kier molecular flexibility index (Phi) is 7.70. The highest BCUT2D eigenvalue weighted by Crippen LogP contribution is 2.42. The molecular formula is C16H18Cl2N2OS2. The molecule has 0 radical (unpaired) electrons. The van der Waals surface area contributed by atoms with Crippen LogP contribution in [0.25, 0.3) is 0 Å². The number of thioether (sulfide) groups is 1. The molecule has 7 heteroatoms. The number of unbranched alkanes of at least 4 members (excludes halogenated alkanes) is 1. The van der Waals surface area contributed by atoms with Gasteiger partial charge in [0.25, 0.3) is 0 Å². The average Bonchev–Trinajstić information content (AvgIpc) is 3.08. The van der Waals surface area contributed by atoms with Crippen molar-refractivity contribution in [1.82, 2.24) is 9.55 Å². The predicted octanol–water partition coefficient (Wildman–Crippen LogP) is 5.85. The van der Waals surface area contributed by atoms with Gasteiger partial charge in [-0.25, -0.2) is 4.98 Å². The Morgan fingerprint density at radius 3 is 2.74 bits per heavy atom. The lowest BCUT2D eigenvalue weighted by Gasteiger charge is -2.23. The summed E-state index contributed by atoms with van der Waals surface area (Å²) in [5.74, 6) is 0. The zero-order chi connectivity index (χ0) is 16.7. The van der Waals surface area contributed by atoms with Crippen molar-refractivity contribution >= 4 is 51.6 Å². The number of thiocarbonyl (C=S) groups is 1. The number of ether oxygens (including phenoxy) is 1. The van der Waals surface area contributed by atoms with Gasteiger partial charge in [-0.3, -0.25) is 0 Å². The molecule has 3 nitrogen and oxygen atoms in total. The fraction of sp³-hybridized carbons (Fsp3) is 0.375. The predicted molar refractivity (Wildman–Crippen MR) is 102 cm³/mol. The molecule has 23 heavy (non-hydrogen) atoms. The zero-order valence-corrected chi connectivity index (χ0v) is 15.8. The van der Waals surface area contributed by atoms with Crippen LogP contribution < -0.4 is 0 Å². The van der Waals surface area contributed by atoms with Crippen molar-refractivity contribution in [1.29, 1.82) is 0 Å². The van der Waals surface area contributed by atoms with Crippen LogP contribution in [0.1, 0.15) is 36.1 Å². The van der Waals surface area contributed by atoms with Gasteiger partial charge in [0.15, 0.2) is 0 Å². The molecule has 2 unspecified atom stereocenters. The molecule has 124 valence electrons. The summed E-state index contributed by atoms with van der Waals surface area (Å²) in [6.07, 6.45) is 7.29. The van der Waals surface area contributed by atoms with Gasteiger partial charge in [0, 0.05) is 17.4 Å². The number of hydrogen-bond donors (Lipinski definition) is 0. The fourth-order valence-corrected chi connectivity index (χ4v) is 3.78. The minimum atomic E-state index is -0.337. The Balaban J connectivity index is 2.14. The van der Waals surface area contributed by atoms with E-state index >= 15 is 0 Å². The molecule has 0 aliphatic carbocycles. The molecule has 0 fully saturated rings. The highest BCUT2D eigenvalue weighted by molar-refractivity contribution is 8.22. The third-order valence-electron chi connectivity index (χ3n) is 3.20. The van der Waals surface area contributed by atoms with Gasteiger partial charge in [-0.1, -0.05) is 60.4 Å². The molecule has 1 aromatic heterocycles. The first-order valence-electron chi connectivity index (χ1n) is 7.32. The van der Waals surface area contributed by atoms with Gasteiger partial charge in [-0.05, 0) is 36.3 Å². The maximum absolute atomic E-state index is 6.65. The molecule has 0 saturated carbocycles. The van der Waals surface area contributed by atoms with E-state index in [4.69, 9.17) is 40.2 Å². The van der Waals surface area contributed by atoms with Crippen molar-refractivity contribution < 1.29 is 4.74 Å². The van der Waals surface area contributed by atoms with Crippen molar-refractivity contribution in [2.75, 3.05) is 6.61 Å². The molecule has 0 aliphatic heterocycles.